The number of aromatic amines is 2. The zero-order valence-corrected chi connectivity index (χ0v) is 11.3. The fourth-order valence-electron chi connectivity index (χ4n) is 2.41. The van der Waals surface area contributed by atoms with Gasteiger partial charge in [-0.15, -0.1) is 0 Å². The van der Waals surface area contributed by atoms with Crippen LogP contribution >= 0.6 is 0 Å². The highest BCUT2D eigenvalue weighted by Crippen LogP contribution is 2.20. The highest BCUT2D eigenvalue weighted by molar-refractivity contribution is 5.07. The van der Waals surface area contributed by atoms with Crippen LogP contribution in [0.15, 0.2) is 23.1 Å². The Morgan fingerprint density at radius 3 is 3.20 bits per heavy atom. The van der Waals surface area contributed by atoms with E-state index in [1.165, 1.54) is 6.07 Å². The van der Waals surface area contributed by atoms with Crippen molar-refractivity contribution in [3.63, 3.8) is 0 Å². The summed E-state index contributed by atoms with van der Waals surface area (Å²) in [5, 5.41) is 6.90. The van der Waals surface area contributed by atoms with E-state index >= 15 is 0 Å². The van der Waals surface area contributed by atoms with Gasteiger partial charge in [0.15, 0.2) is 0 Å². The zero-order chi connectivity index (χ0) is 13.9. The summed E-state index contributed by atoms with van der Waals surface area (Å²) >= 11 is 0. The number of rotatable bonds is 3. The molecular formula is C13H17N5O2. The van der Waals surface area contributed by atoms with E-state index < -0.39 is 0 Å². The van der Waals surface area contributed by atoms with E-state index in [4.69, 9.17) is 4.74 Å². The molecule has 0 aromatic carbocycles. The molecule has 1 aliphatic rings. The van der Waals surface area contributed by atoms with Gasteiger partial charge in [-0.2, -0.15) is 5.10 Å². The molecule has 2 aromatic heterocycles. The van der Waals surface area contributed by atoms with Crippen molar-refractivity contribution in [1.82, 2.24) is 25.1 Å². The maximum absolute atomic E-state index is 11.5. The lowest BCUT2D eigenvalue weighted by atomic mass is 10.2. The van der Waals surface area contributed by atoms with Crippen molar-refractivity contribution in [3.05, 3.63) is 45.9 Å². The van der Waals surface area contributed by atoms with Gasteiger partial charge in [-0.3, -0.25) is 14.8 Å². The Labute approximate surface area is 116 Å². The quantitative estimate of drug-likeness (QED) is 0.845. The van der Waals surface area contributed by atoms with Gasteiger partial charge in [-0.25, -0.2) is 4.98 Å². The number of ether oxygens (including phenoxy) is 1. The Kier molecular flexibility index (Phi) is 3.62. The predicted molar refractivity (Wildman–Crippen MR) is 72.2 cm³/mol. The van der Waals surface area contributed by atoms with Crippen molar-refractivity contribution in [2.75, 3.05) is 19.7 Å². The van der Waals surface area contributed by atoms with E-state index in [0.29, 0.717) is 18.1 Å². The van der Waals surface area contributed by atoms with Crippen molar-refractivity contribution in [2.45, 2.75) is 19.6 Å². The van der Waals surface area contributed by atoms with Crippen LogP contribution in [0.3, 0.4) is 0 Å². The molecule has 1 unspecified atom stereocenters. The van der Waals surface area contributed by atoms with Gasteiger partial charge in [0.25, 0.3) is 5.56 Å². The molecule has 7 heteroatoms. The fourth-order valence-corrected chi connectivity index (χ4v) is 2.41. The van der Waals surface area contributed by atoms with Gasteiger partial charge in [-0.1, -0.05) is 0 Å². The van der Waals surface area contributed by atoms with Crippen molar-refractivity contribution in [1.29, 1.82) is 0 Å². The minimum absolute atomic E-state index is 0.137. The van der Waals surface area contributed by atoms with Crippen LogP contribution in [0.2, 0.25) is 0 Å². The third kappa shape index (κ3) is 2.94. The van der Waals surface area contributed by atoms with Gasteiger partial charge in [0.1, 0.15) is 11.9 Å². The Bertz CT molecular complexity index is 622. The molecule has 2 aromatic rings. The van der Waals surface area contributed by atoms with Crippen LogP contribution < -0.4 is 5.56 Å². The van der Waals surface area contributed by atoms with Gasteiger partial charge in [0.05, 0.1) is 12.3 Å². The summed E-state index contributed by atoms with van der Waals surface area (Å²) < 4.78 is 5.74. The molecule has 7 nitrogen and oxygen atoms in total. The van der Waals surface area contributed by atoms with E-state index in [9.17, 15) is 4.79 Å². The molecule has 0 spiro atoms. The average molecular weight is 275 g/mol. The van der Waals surface area contributed by atoms with Gasteiger partial charge in [0.2, 0.25) is 0 Å². The van der Waals surface area contributed by atoms with Crippen LogP contribution in [0.25, 0.3) is 0 Å². The summed E-state index contributed by atoms with van der Waals surface area (Å²) in [6.07, 6.45) is 1.59. The fraction of sp³-hybridized carbons (Fsp3) is 0.462. The van der Waals surface area contributed by atoms with Crippen LogP contribution in [0.5, 0.6) is 0 Å². The molecule has 106 valence electrons. The maximum Gasteiger partial charge on any atom is 0.251 e. The molecule has 0 saturated carbocycles. The minimum Gasteiger partial charge on any atom is -0.369 e. The molecular weight excluding hydrogens is 258 g/mol. The van der Waals surface area contributed by atoms with Crippen LogP contribution in [0.4, 0.5) is 0 Å². The van der Waals surface area contributed by atoms with Gasteiger partial charge in [-0.05, 0) is 13.0 Å². The summed E-state index contributed by atoms with van der Waals surface area (Å²) in [5.41, 5.74) is 1.63. The molecule has 0 radical (unpaired) electrons. The van der Waals surface area contributed by atoms with Crippen LogP contribution in [-0.4, -0.2) is 44.8 Å². The molecule has 0 amide bonds. The summed E-state index contributed by atoms with van der Waals surface area (Å²) in [6, 6.07) is 3.47. The molecule has 3 heterocycles. The van der Waals surface area contributed by atoms with Crippen molar-refractivity contribution in [2.24, 2.45) is 0 Å². The Balaban J connectivity index is 1.72. The highest BCUT2D eigenvalue weighted by atomic mass is 16.5. The Morgan fingerprint density at radius 1 is 1.55 bits per heavy atom. The third-order valence-electron chi connectivity index (χ3n) is 3.31. The number of H-pyrrole nitrogens is 2. The topological polar surface area (TPSA) is 86.9 Å². The first-order chi connectivity index (χ1) is 9.70. The van der Waals surface area contributed by atoms with Crippen molar-refractivity contribution >= 4 is 0 Å². The lowest BCUT2D eigenvalue weighted by molar-refractivity contribution is -0.0355. The minimum atomic E-state index is -0.160. The summed E-state index contributed by atoms with van der Waals surface area (Å²) in [4.78, 5) is 20.8. The molecule has 0 aliphatic carbocycles. The average Bonchev–Trinajstić information content (AvgIpc) is 2.91. The van der Waals surface area contributed by atoms with Crippen molar-refractivity contribution < 1.29 is 4.74 Å². The number of aryl methyl sites for hydroxylation is 1. The molecule has 0 bridgehead atoms. The van der Waals surface area contributed by atoms with Crippen LogP contribution in [-0.2, 0) is 11.3 Å². The molecule has 20 heavy (non-hydrogen) atoms. The van der Waals surface area contributed by atoms with Crippen molar-refractivity contribution in [3.8, 4) is 0 Å². The van der Waals surface area contributed by atoms with Crippen LogP contribution in [0.1, 0.15) is 23.3 Å². The molecule has 2 N–H and O–H groups in total. The second kappa shape index (κ2) is 5.56. The van der Waals surface area contributed by atoms with Gasteiger partial charge >= 0.3 is 0 Å². The first kappa shape index (κ1) is 13.0. The number of hydrogen-bond donors (Lipinski definition) is 2. The highest BCUT2D eigenvalue weighted by Gasteiger charge is 2.23. The van der Waals surface area contributed by atoms with Crippen LogP contribution in [0, 0.1) is 6.92 Å². The lowest BCUT2D eigenvalue weighted by Gasteiger charge is -2.32. The Hall–Kier alpha value is -1.99. The maximum atomic E-state index is 11.5. The van der Waals surface area contributed by atoms with E-state index in [0.717, 1.165) is 25.3 Å². The number of hydrogen-bond acceptors (Lipinski definition) is 5. The summed E-state index contributed by atoms with van der Waals surface area (Å²) in [5.74, 6) is 0.613. The smallest absolute Gasteiger partial charge is 0.251 e. The normalized spacial score (nSPS) is 20.1. The van der Waals surface area contributed by atoms with E-state index in [1.54, 1.807) is 13.1 Å². The monoisotopic (exact) mass is 275 g/mol. The zero-order valence-electron chi connectivity index (χ0n) is 11.3. The van der Waals surface area contributed by atoms with E-state index in [-0.39, 0.29) is 11.7 Å². The number of aromatic nitrogens is 4. The molecule has 1 saturated heterocycles. The number of morpholine rings is 1. The predicted octanol–water partition coefficient (Wildman–Crippen LogP) is 0.375. The number of nitrogens with zero attached hydrogens (tertiary/aromatic N) is 3. The standard InChI is InChI=1S/C13H17N5O2/c1-9-15-11(6-13(19)16-9)12-8-18(4-5-20-12)7-10-2-3-14-17-10/h2-3,6,12H,4-5,7-8H2,1H3,(H,14,17)(H,15,16,19). The second-order valence-corrected chi connectivity index (χ2v) is 4.93. The molecule has 1 aliphatic heterocycles. The largest absolute Gasteiger partial charge is 0.369 e. The SMILES string of the molecule is Cc1nc(C2CN(Cc3ccn[nH]3)CCO2)cc(=O)[nH]1. The summed E-state index contributed by atoms with van der Waals surface area (Å²) in [7, 11) is 0. The molecule has 1 fully saturated rings. The van der Waals surface area contributed by atoms with Gasteiger partial charge < -0.3 is 9.72 Å². The lowest BCUT2D eigenvalue weighted by Crippen LogP contribution is -2.38. The second-order valence-electron chi connectivity index (χ2n) is 4.93. The molecule has 3 rings (SSSR count). The summed E-state index contributed by atoms with van der Waals surface area (Å²) in [6.45, 7) is 4.77. The molecule has 1 atom stereocenters. The Morgan fingerprint density at radius 2 is 2.45 bits per heavy atom. The first-order valence-electron chi connectivity index (χ1n) is 6.61. The van der Waals surface area contributed by atoms with E-state index in [2.05, 4.69) is 25.1 Å². The number of nitrogens with one attached hydrogen (secondary N) is 2. The first-order valence-corrected chi connectivity index (χ1v) is 6.61. The third-order valence-corrected chi connectivity index (χ3v) is 3.31. The van der Waals surface area contributed by atoms with Gasteiger partial charge in [0, 0.05) is 37.6 Å². The van der Waals surface area contributed by atoms with E-state index in [1.807, 2.05) is 6.07 Å².